The number of nitrogens with one attached hydrogen (secondary N) is 1. The maximum Gasteiger partial charge on any atom is 0.178 e. The van der Waals surface area contributed by atoms with Crippen LogP contribution in [0.1, 0.15) is 18.1 Å². The lowest BCUT2D eigenvalue weighted by Gasteiger charge is -2.06. The van der Waals surface area contributed by atoms with Crippen molar-refractivity contribution in [2.45, 2.75) is 19.9 Å². The van der Waals surface area contributed by atoms with Gasteiger partial charge < -0.3 is 9.55 Å². The number of imidazole rings is 1. The van der Waals surface area contributed by atoms with E-state index in [1.54, 1.807) is 6.07 Å². The van der Waals surface area contributed by atoms with E-state index in [1.807, 2.05) is 4.57 Å². The number of aryl methyl sites for hydroxylation is 1. The molecule has 0 fully saturated rings. The molecule has 2 aromatic carbocycles. The second-order valence-electron chi connectivity index (χ2n) is 4.85. The summed E-state index contributed by atoms with van der Waals surface area (Å²) in [7, 11) is 0. The fourth-order valence-electron chi connectivity index (χ4n) is 2.35. The van der Waals surface area contributed by atoms with Gasteiger partial charge in [-0.3, -0.25) is 0 Å². The molecule has 0 atom stereocenters. The van der Waals surface area contributed by atoms with Gasteiger partial charge in [0.25, 0.3) is 0 Å². The number of halogens is 1. The average molecular weight is 286 g/mol. The fourth-order valence-corrected chi connectivity index (χ4v) is 2.62. The number of aromatic amines is 1. The summed E-state index contributed by atoms with van der Waals surface area (Å²) in [5, 5.41) is 0. The second kappa shape index (κ2) is 5.21. The molecule has 0 aliphatic carbocycles. The Kier molecular flexibility index (Phi) is 3.40. The highest BCUT2D eigenvalue weighted by molar-refractivity contribution is 7.71. The molecule has 3 rings (SSSR count). The molecule has 20 heavy (non-hydrogen) atoms. The topological polar surface area (TPSA) is 20.7 Å². The van der Waals surface area contributed by atoms with E-state index in [4.69, 9.17) is 12.2 Å². The van der Waals surface area contributed by atoms with E-state index in [-0.39, 0.29) is 5.82 Å². The zero-order valence-electron chi connectivity index (χ0n) is 11.2. The lowest BCUT2D eigenvalue weighted by atomic mass is 10.1. The minimum Gasteiger partial charge on any atom is -0.331 e. The molecule has 0 aliphatic rings. The first-order valence-electron chi connectivity index (χ1n) is 6.63. The van der Waals surface area contributed by atoms with Crippen molar-refractivity contribution in [1.82, 2.24) is 9.55 Å². The number of nitrogens with zero attached hydrogens (tertiary/aromatic N) is 1. The monoisotopic (exact) mass is 286 g/mol. The summed E-state index contributed by atoms with van der Waals surface area (Å²) >= 11 is 5.33. The Morgan fingerprint density at radius 1 is 1.10 bits per heavy atom. The molecular weight excluding hydrogens is 271 g/mol. The van der Waals surface area contributed by atoms with E-state index in [0.717, 1.165) is 23.0 Å². The molecule has 2 nitrogen and oxygen atoms in total. The SMILES string of the molecule is CCc1ccc(Cn2c(=S)[nH]c3ccc(F)cc32)cc1. The maximum atomic E-state index is 13.4. The molecule has 102 valence electrons. The van der Waals surface area contributed by atoms with Crippen LogP contribution in [0, 0.1) is 10.6 Å². The molecule has 3 aromatic rings. The van der Waals surface area contributed by atoms with Crippen molar-refractivity contribution in [3.8, 4) is 0 Å². The lowest BCUT2D eigenvalue weighted by molar-refractivity contribution is 0.628. The van der Waals surface area contributed by atoms with Crippen molar-refractivity contribution in [3.63, 3.8) is 0 Å². The first-order valence-corrected chi connectivity index (χ1v) is 7.04. The molecule has 0 saturated heterocycles. The predicted octanol–water partition coefficient (Wildman–Crippen LogP) is 4.45. The van der Waals surface area contributed by atoms with Gasteiger partial charge in [-0.25, -0.2) is 4.39 Å². The first-order chi connectivity index (χ1) is 9.67. The highest BCUT2D eigenvalue weighted by Crippen LogP contribution is 2.17. The van der Waals surface area contributed by atoms with Crippen LogP contribution in [0.4, 0.5) is 4.39 Å². The van der Waals surface area contributed by atoms with E-state index < -0.39 is 0 Å². The Labute approximate surface area is 121 Å². The number of aromatic nitrogens is 2. The summed E-state index contributed by atoms with van der Waals surface area (Å²) in [6.07, 6.45) is 1.03. The van der Waals surface area contributed by atoms with Crippen LogP contribution in [-0.2, 0) is 13.0 Å². The van der Waals surface area contributed by atoms with Gasteiger partial charge in [0.15, 0.2) is 4.77 Å². The van der Waals surface area contributed by atoms with Gasteiger partial charge >= 0.3 is 0 Å². The van der Waals surface area contributed by atoms with Crippen molar-refractivity contribution in [2.24, 2.45) is 0 Å². The molecule has 0 unspecified atom stereocenters. The average Bonchev–Trinajstić information content (AvgIpc) is 2.76. The molecule has 0 bridgehead atoms. The van der Waals surface area contributed by atoms with E-state index >= 15 is 0 Å². The third-order valence-corrected chi connectivity index (χ3v) is 3.83. The summed E-state index contributed by atoms with van der Waals surface area (Å²) in [6, 6.07) is 13.1. The highest BCUT2D eigenvalue weighted by Gasteiger charge is 2.06. The van der Waals surface area contributed by atoms with E-state index in [1.165, 1.54) is 17.7 Å². The molecule has 1 N–H and O–H groups in total. The number of fused-ring (bicyclic) bond motifs is 1. The van der Waals surface area contributed by atoms with E-state index in [2.05, 4.69) is 36.2 Å². The zero-order chi connectivity index (χ0) is 14.1. The van der Waals surface area contributed by atoms with E-state index in [0.29, 0.717) is 11.3 Å². The van der Waals surface area contributed by atoms with Gasteiger partial charge in [0.05, 0.1) is 17.6 Å². The molecule has 0 saturated carbocycles. The Morgan fingerprint density at radius 2 is 1.80 bits per heavy atom. The second-order valence-corrected chi connectivity index (χ2v) is 5.23. The van der Waals surface area contributed by atoms with Gasteiger partial charge in [-0.15, -0.1) is 0 Å². The first kappa shape index (κ1) is 13.1. The van der Waals surface area contributed by atoms with Gasteiger partial charge in [0, 0.05) is 0 Å². The molecule has 0 spiro atoms. The van der Waals surface area contributed by atoms with Gasteiger partial charge in [-0.2, -0.15) is 0 Å². The largest absolute Gasteiger partial charge is 0.331 e. The molecule has 1 aromatic heterocycles. The van der Waals surface area contributed by atoms with Crippen molar-refractivity contribution in [2.75, 3.05) is 0 Å². The molecule has 4 heteroatoms. The van der Waals surface area contributed by atoms with Crippen molar-refractivity contribution >= 4 is 23.3 Å². The Balaban J connectivity index is 2.03. The third kappa shape index (κ3) is 2.39. The van der Waals surface area contributed by atoms with Crippen LogP contribution < -0.4 is 0 Å². The number of hydrogen-bond acceptors (Lipinski definition) is 1. The summed E-state index contributed by atoms with van der Waals surface area (Å²) < 4.78 is 15.9. The molecular formula is C16H15FN2S. The third-order valence-electron chi connectivity index (χ3n) is 3.51. The van der Waals surface area contributed by atoms with Crippen LogP contribution in [0.5, 0.6) is 0 Å². The van der Waals surface area contributed by atoms with Crippen LogP contribution in [0.2, 0.25) is 0 Å². The smallest absolute Gasteiger partial charge is 0.178 e. The summed E-state index contributed by atoms with van der Waals surface area (Å²) in [5.74, 6) is -0.249. The van der Waals surface area contributed by atoms with Gasteiger partial charge in [0.1, 0.15) is 5.82 Å². The van der Waals surface area contributed by atoms with Crippen molar-refractivity contribution in [1.29, 1.82) is 0 Å². The van der Waals surface area contributed by atoms with Gasteiger partial charge in [-0.05, 0) is 48.0 Å². The number of H-pyrrole nitrogens is 1. The fraction of sp³-hybridized carbons (Fsp3) is 0.188. The van der Waals surface area contributed by atoms with Crippen molar-refractivity contribution in [3.05, 3.63) is 64.2 Å². The zero-order valence-corrected chi connectivity index (χ0v) is 12.0. The van der Waals surface area contributed by atoms with Crippen LogP contribution in [0.15, 0.2) is 42.5 Å². The lowest BCUT2D eigenvalue weighted by Crippen LogP contribution is -2.00. The molecule has 0 radical (unpaired) electrons. The Morgan fingerprint density at radius 3 is 2.50 bits per heavy atom. The summed E-state index contributed by atoms with van der Waals surface area (Å²) in [5.41, 5.74) is 4.13. The normalized spacial score (nSPS) is 11.1. The molecule has 0 aliphatic heterocycles. The van der Waals surface area contributed by atoms with Gasteiger partial charge in [-0.1, -0.05) is 31.2 Å². The summed E-state index contributed by atoms with van der Waals surface area (Å²) in [4.78, 5) is 3.11. The highest BCUT2D eigenvalue weighted by atomic mass is 32.1. The number of rotatable bonds is 3. The van der Waals surface area contributed by atoms with Crippen LogP contribution in [0.3, 0.4) is 0 Å². The van der Waals surface area contributed by atoms with E-state index in [9.17, 15) is 4.39 Å². The molecule has 0 amide bonds. The Bertz CT molecular complexity index is 799. The minimum atomic E-state index is -0.249. The van der Waals surface area contributed by atoms with Crippen LogP contribution in [-0.4, -0.2) is 9.55 Å². The standard InChI is InChI=1S/C16H15FN2S/c1-2-11-3-5-12(6-4-11)10-19-15-9-13(17)7-8-14(15)18-16(19)20/h3-9H,2,10H2,1H3,(H,18,20). The van der Waals surface area contributed by atoms with Crippen LogP contribution >= 0.6 is 12.2 Å². The number of hydrogen-bond donors (Lipinski definition) is 1. The molecule has 1 heterocycles. The minimum absolute atomic E-state index is 0.249. The number of benzene rings is 2. The van der Waals surface area contributed by atoms with Crippen LogP contribution in [0.25, 0.3) is 11.0 Å². The predicted molar refractivity (Wildman–Crippen MR) is 82.0 cm³/mol. The van der Waals surface area contributed by atoms with Crippen molar-refractivity contribution < 1.29 is 4.39 Å². The maximum absolute atomic E-state index is 13.4. The van der Waals surface area contributed by atoms with Gasteiger partial charge in [0.2, 0.25) is 0 Å². The Hall–Kier alpha value is -1.94. The summed E-state index contributed by atoms with van der Waals surface area (Å²) in [6.45, 7) is 2.78. The quantitative estimate of drug-likeness (QED) is 0.705.